The summed E-state index contributed by atoms with van der Waals surface area (Å²) in [4.78, 5) is 33.8. The second-order valence-corrected chi connectivity index (χ2v) is 5.06. The number of carboxylic acids is 1. The van der Waals surface area contributed by atoms with Gasteiger partial charge in [0, 0.05) is 12.3 Å². The van der Waals surface area contributed by atoms with Gasteiger partial charge in [-0.2, -0.15) is 0 Å². The molecule has 0 aromatic carbocycles. The van der Waals surface area contributed by atoms with Gasteiger partial charge in [-0.1, -0.05) is 36.4 Å². The van der Waals surface area contributed by atoms with Gasteiger partial charge in [-0.05, 0) is 12.8 Å². The number of hydrogen-bond donors (Lipinski definition) is 2. The fraction of sp³-hybridized carbons (Fsp3) is 0.727. The summed E-state index contributed by atoms with van der Waals surface area (Å²) in [5.41, 5.74) is 0. The molecule has 0 fully saturated rings. The van der Waals surface area contributed by atoms with Crippen molar-refractivity contribution in [1.29, 1.82) is 0 Å². The first-order valence-corrected chi connectivity index (χ1v) is 6.93. The van der Waals surface area contributed by atoms with Crippen LogP contribution in [0.5, 0.6) is 0 Å². The number of alkyl halides is 1. The molecule has 0 aliphatic rings. The normalized spacial score (nSPS) is 14.2. The maximum absolute atomic E-state index is 11.8. The Bertz CT molecular complexity index is 304. The van der Waals surface area contributed by atoms with Gasteiger partial charge in [-0.25, -0.2) is 0 Å². The Kier molecular flexibility index (Phi) is 7.33. The average molecular weight is 355 g/mol. The van der Waals surface area contributed by atoms with E-state index in [1.165, 1.54) is 6.92 Å². The molecule has 0 radical (unpaired) electrons. The zero-order chi connectivity index (χ0) is 13.6. The molecule has 0 spiro atoms. The van der Waals surface area contributed by atoms with Crippen LogP contribution in [0.4, 0.5) is 0 Å². The summed E-state index contributed by atoms with van der Waals surface area (Å²) in [6, 6.07) is -0.932. The zero-order valence-electron chi connectivity index (χ0n) is 10.2. The number of amides is 1. The fourth-order valence-corrected chi connectivity index (χ4v) is 1.62. The summed E-state index contributed by atoms with van der Waals surface area (Å²) in [6.07, 6.45) is 0.165. The van der Waals surface area contributed by atoms with E-state index in [9.17, 15) is 14.4 Å². The highest BCUT2D eigenvalue weighted by Crippen LogP contribution is 2.16. The molecule has 0 saturated heterocycles. The van der Waals surface area contributed by atoms with Crippen LogP contribution in [0.25, 0.3) is 0 Å². The Morgan fingerprint density at radius 2 is 1.76 bits per heavy atom. The molecule has 2 N–H and O–H groups in total. The largest absolute Gasteiger partial charge is 0.480 e. The molecular weight excluding hydrogens is 337 g/mol. The van der Waals surface area contributed by atoms with Crippen molar-refractivity contribution in [3.8, 4) is 0 Å². The molecule has 17 heavy (non-hydrogen) atoms. The summed E-state index contributed by atoms with van der Waals surface area (Å²) < 4.78 is 0.364. The van der Waals surface area contributed by atoms with Gasteiger partial charge in [0.1, 0.15) is 11.8 Å². The van der Waals surface area contributed by atoms with Crippen LogP contribution in [0.15, 0.2) is 0 Å². The van der Waals surface area contributed by atoms with E-state index in [0.717, 1.165) is 0 Å². The second-order valence-electron chi connectivity index (χ2n) is 4.30. The first-order chi connectivity index (χ1) is 7.79. The SMILES string of the molecule is CC(C)[C@H](CC(=O)CI)C(=O)N[C@@H](C)C(=O)O. The van der Waals surface area contributed by atoms with Gasteiger partial charge in [-0.15, -0.1) is 0 Å². The number of carboxylic acid groups (broad SMARTS) is 1. The van der Waals surface area contributed by atoms with Gasteiger partial charge in [0.2, 0.25) is 5.91 Å². The van der Waals surface area contributed by atoms with E-state index in [4.69, 9.17) is 5.11 Å². The number of rotatable bonds is 7. The van der Waals surface area contributed by atoms with Crippen LogP contribution < -0.4 is 5.32 Å². The van der Waals surface area contributed by atoms with Crippen molar-refractivity contribution in [3.63, 3.8) is 0 Å². The van der Waals surface area contributed by atoms with E-state index in [2.05, 4.69) is 5.32 Å². The van der Waals surface area contributed by atoms with Crippen molar-refractivity contribution in [3.05, 3.63) is 0 Å². The van der Waals surface area contributed by atoms with Crippen LogP contribution in [0, 0.1) is 11.8 Å². The van der Waals surface area contributed by atoms with Crippen LogP contribution in [0.3, 0.4) is 0 Å². The van der Waals surface area contributed by atoms with Gasteiger partial charge in [0.25, 0.3) is 0 Å². The highest BCUT2D eigenvalue weighted by molar-refractivity contribution is 14.1. The maximum Gasteiger partial charge on any atom is 0.325 e. The van der Waals surface area contributed by atoms with E-state index < -0.39 is 17.9 Å². The molecule has 0 rings (SSSR count). The van der Waals surface area contributed by atoms with Gasteiger partial charge < -0.3 is 10.4 Å². The van der Waals surface area contributed by atoms with Crippen LogP contribution in [0.1, 0.15) is 27.2 Å². The summed E-state index contributed by atoms with van der Waals surface area (Å²) in [5, 5.41) is 11.1. The second kappa shape index (κ2) is 7.62. The van der Waals surface area contributed by atoms with Crippen LogP contribution >= 0.6 is 22.6 Å². The molecular formula is C11H18INO4. The first-order valence-electron chi connectivity index (χ1n) is 5.40. The molecule has 98 valence electrons. The number of hydrogen-bond acceptors (Lipinski definition) is 3. The highest BCUT2D eigenvalue weighted by Gasteiger charge is 2.26. The Morgan fingerprint density at radius 3 is 2.12 bits per heavy atom. The molecule has 1 amide bonds. The molecule has 5 nitrogen and oxygen atoms in total. The van der Waals surface area contributed by atoms with E-state index in [0.29, 0.717) is 4.43 Å². The molecule has 0 aliphatic carbocycles. The summed E-state index contributed by atoms with van der Waals surface area (Å²) >= 11 is 1.95. The van der Waals surface area contributed by atoms with Gasteiger partial charge >= 0.3 is 5.97 Å². The fourth-order valence-electron chi connectivity index (χ4n) is 1.31. The van der Waals surface area contributed by atoms with Crippen molar-refractivity contribution in [2.45, 2.75) is 33.2 Å². The summed E-state index contributed by atoms with van der Waals surface area (Å²) in [5.74, 6) is -1.90. The number of carbonyl (C=O) groups excluding carboxylic acids is 2. The number of halogens is 1. The van der Waals surface area contributed by atoms with E-state index >= 15 is 0 Å². The number of carbonyl (C=O) groups is 3. The third-order valence-electron chi connectivity index (χ3n) is 2.47. The van der Waals surface area contributed by atoms with Gasteiger partial charge in [0.15, 0.2) is 0 Å². The first kappa shape index (κ1) is 16.3. The van der Waals surface area contributed by atoms with Gasteiger partial charge in [-0.3, -0.25) is 14.4 Å². The van der Waals surface area contributed by atoms with Crippen molar-refractivity contribution >= 4 is 40.3 Å². The standard InChI is InChI=1S/C11H18INO4/c1-6(2)9(4-8(14)5-12)10(15)13-7(3)11(16)17/h6-7,9H,4-5H2,1-3H3,(H,13,15)(H,16,17)/t7-,9-/m0/s1. The monoisotopic (exact) mass is 355 g/mol. The molecule has 0 saturated carbocycles. The summed E-state index contributed by atoms with van der Waals surface area (Å²) in [6.45, 7) is 5.09. The molecule has 2 atom stereocenters. The van der Waals surface area contributed by atoms with Crippen molar-refractivity contribution in [2.24, 2.45) is 11.8 Å². The lowest BCUT2D eigenvalue weighted by Gasteiger charge is -2.20. The Hall–Kier alpha value is -0.660. The maximum atomic E-state index is 11.8. The highest BCUT2D eigenvalue weighted by atomic mass is 127. The number of nitrogens with one attached hydrogen (secondary N) is 1. The Balaban J connectivity index is 4.55. The predicted molar refractivity (Wildman–Crippen MR) is 72.1 cm³/mol. The lowest BCUT2D eigenvalue weighted by Crippen LogP contribution is -2.43. The smallest absolute Gasteiger partial charge is 0.325 e. The van der Waals surface area contributed by atoms with Crippen LogP contribution in [0.2, 0.25) is 0 Å². The molecule has 0 aromatic rings. The third kappa shape index (κ3) is 5.99. The van der Waals surface area contributed by atoms with E-state index in [1.807, 2.05) is 36.4 Å². The van der Waals surface area contributed by atoms with Crippen LogP contribution in [-0.4, -0.2) is 33.2 Å². The number of ketones is 1. The molecule has 6 heteroatoms. The molecule has 0 heterocycles. The summed E-state index contributed by atoms with van der Waals surface area (Å²) in [7, 11) is 0. The molecule has 0 unspecified atom stereocenters. The topological polar surface area (TPSA) is 83.5 Å². The van der Waals surface area contributed by atoms with E-state index in [-0.39, 0.29) is 24.0 Å². The molecule has 0 bridgehead atoms. The quantitative estimate of drug-likeness (QED) is 0.532. The molecule has 0 aliphatic heterocycles. The Labute approximate surface area is 114 Å². The number of aliphatic carboxylic acids is 1. The zero-order valence-corrected chi connectivity index (χ0v) is 12.4. The average Bonchev–Trinajstić information content (AvgIpc) is 2.24. The van der Waals surface area contributed by atoms with Crippen molar-refractivity contribution in [1.82, 2.24) is 5.32 Å². The van der Waals surface area contributed by atoms with E-state index in [1.54, 1.807) is 0 Å². The van der Waals surface area contributed by atoms with Crippen molar-refractivity contribution in [2.75, 3.05) is 4.43 Å². The lowest BCUT2D eigenvalue weighted by atomic mass is 9.90. The molecule has 0 aromatic heterocycles. The lowest BCUT2D eigenvalue weighted by molar-refractivity contribution is -0.142. The Morgan fingerprint density at radius 1 is 1.24 bits per heavy atom. The number of Topliss-reactive ketones (excluding diaryl/α,β-unsaturated/α-hetero) is 1. The minimum atomic E-state index is -1.08. The predicted octanol–water partition coefficient (Wildman–Crippen LogP) is 1.24. The third-order valence-corrected chi connectivity index (χ3v) is 3.32. The van der Waals surface area contributed by atoms with Crippen molar-refractivity contribution < 1.29 is 19.5 Å². The minimum absolute atomic E-state index is 0.00225. The van der Waals surface area contributed by atoms with Gasteiger partial charge in [0.05, 0.1) is 4.43 Å². The van der Waals surface area contributed by atoms with Crippen LogP contribution in [-0.2, 0) is 14.4 Å². The minimum Gasteiger partial charge on any atom is -0.480 e.